The predicted octanol–water partition coefficient (Wildman–Crippen LogP) is 2.47. The Balaban J connectivity index is 1.37. The highest BCUT2D eigenvalue weighted by Gasteiger charge is 2.42. The number of pyridine rings is 1. The minimum Gasteiger partial charge on any atom is -0.337 e. The van der Waals surface area contributed by atoms with Gasteiger partial charge in [0, 0.05) is 36.1 Å². The van der Waals surface area contributed by atoms with Crippen molar-refractivity contribution >= 4 is 28.5 Å². The Hall–Kier alpha value is -3.81. The quantitative estimate of drug-likeness (QED) is 0.552. The number of aromatic nitrogens is 4. The second-order valence-electron chi connectivity index (χ2n) is 7.88. The molecule has 2 N–H and O–H groups in total. The van der Waals surface area contributed by atoms with E-state index in [1.54, 1.807) is 16.9 Å². The van der Waals surface area contributed by atoms with Gasteiger partial charge in [0.25, 0.3) is 0 Å². The summed E-state index contributed by atoms with van der Waals surface area (Å²) >= 11 is 0. The molecule has 3 atom stereocenters. The fourth-order valence-electron chi connectivity index (χ4n) is 4.37. The molecule has 148 valence electrons. The standard InChI is InChI=1S/C22H18N6O2/c29-21-17(11-25-22(30)26-21)19-9-16(20-23-5-6-28(20)27-19)15-8-14(15)13-7-12-3-1-2-4-18(12)24-10-13/h1-7,9-10,14-15,17H,8,11H2,(H2,25,26,29,30)/t14-,15+,17?/m1/s1. The zero-order chi connectivity index (χ0) is 20.2. The number of hydrogen-bond donors (Lipinski definition) is 2. The van der Waals surface area contributed by atoms with Crippen molar-refractivity contribution in [1.82, 2.24) is 30.2 Å². The van der Waals surface area contributed by atoms with Crippen LogP contribution in [0.25, 0.3) is 16.6 Å². The first-order chi connectivity index (χ1) is 14.7. The molecule has 30 heavy (non-hydrogen) atoms. The van der Waals surface area contributed by atoms with Crippen LogP contribution in [0.15, 0.2) is 55.0 Å². The number of nitrogens with one attached hydrogen (secondary N) is 2. The van der Waals surface area contributed by atoms with Crippen LogP contribution in [0.1, 0.15) is 41.0 Å². The third kappa shape index (κ3) is 2.72. The minimum atomic E-state index is -0.521. The van der Waals surface area contributed by atoms with Crippen molar-refractivity contribution in [2.45, 2.75) is 24.2 Å². The summed E-state index contributed by atoms with van der Waals surface area (Å²) in [5, 5.41) is 10.7. The fraction of sp³-hybridized carbons (Fsp3) is 0.227. The van der Waals surface area contributed by atoms with Crippen LogP contribution in [-0.2, 0) is 4.79 Å². The Morgan fingerprint density at radius 1 is 1.07 bits per heavy atom. The number of imidazole rings is 1. The molecule has 6 rings (SSSR count). The highest BCUT2D eigenvalue weighted by Crippen LogP contribution is 2.55. The second kappa shape index (κ2) is 6.35. The van der Waals surface area contributed by atoms with Crippen molar-refractivity contribution in [2.75, 3.05) is 6.54 Å². The first-order valence-electron chi connectivity index (χ1n) is 9.95. The van der Waals surface area contributed by atoms with E-state index in [1.165, 1.54) is 5.56 Å². The zero-order valence-corrected chi connectivity index (χ0v) is 15.9. The average molecular weight is 398 g/mol. The molecule has 8 heteroatoms. The van der Waals surface area contributed by atoms with Gasteiger partial charge in [0.15, 0.2) is 5.65 Å². The summed E-state index contributed by atoms with van der Waals surface area (Å²) in [7, 11) is 0. The average Bonchev–Trinajstić information content (AvgIpc) is 3.41. The molecule has 1 saturated carbocycles. The predicted molar refractivity (Wildman–Crippen MR) is 109 cm³/mol. The van der Waals surface area contributed by atoms with Crippen LogP contribution in [0, 0.1) is 0 Å². The van der Waals surface area contributed by atoms with Crippen LogP contribution >= 0.6 is 0 Å². The molecule has 1 aliphatic heterocycles. The van der Waals surface area contributed by atoms with Gasteiger partial charge in [-0.3, -0.25) is 15.1 Å². The lowest BCUT2D eigenvalue weighted by atomic mass is 9.99. The Morgan fingerprint density at radius 3 is 2.87 bits per heavy atom. The molecule has 2 fully saturated rings. The summed E-state index contributed by atoms with van der Waals surface area (Å²) in [4.78, 5) is 32.9. The van der Waals surface area contributed by atoms with E-state index in [0.717, 1.165) is 28.5 Å². The summed E-state index contributed by atoms with van der Waals surface area (Å²) in [6.07, 6.45) is 6.46. The maximum atomic E-state index is 12.3. The number of para-hydroxylation sites is 1. The van der Waals surface area contributed by atoms with E-state index in [4.69, 9.17) is 0 Å². The molecule has 3 amide bonds. The molecule has 8 nitrogen and oxygen atoms in total. The van der Waals surface area contributed by atoms with Gasteiger partial charge in [-0.05, 0) is 42.0 Å². The molecule has 4 heterocycles. The third-order valence-corrected chi connectivity index (χ3v) is 6.01. The van der Waals surface area contributed by atoms with Crippen LogP contribution in [0.4, 0.5) is 4.79 Å². The fourth-order valence-corrected chi connectivity index (χ4v) is 4.37. The smallest absolute Gasteiger partial charge is 0.321 e. The number of hydrogen-bond acceptors (Lipinski definition) is 5. The summed E-state index contributed by atoms with van der Waals surface area (Å²) in [5.41, 5.74) is 4.72. The lowest BCUT2D eigenvalue weighted by Crippen LogP contribution is -2.51. The van der Waals surface area contributed by atoms with Crippen LogP contribution in [0.5, 0.6) is 0 Å². The topological polar surface area (TPSA) is 101 Å². The first-order valence-corrected chi connectivity index (χ1v) is 9.95. The molecular weight excluding hydrogens is 380 g/mol. The zero-order valence-electron chi connectivity index (χ0n) is 15.9. The van der Waals surface area contributed by atoms with E-state index in [2.05, 4.69) is 37.8 Å². The molecule has 0 spiro atoms. The van der Waals surface area contributed by atoms with Crippen molar-refractivity contribution in [2.24, 2.45) is 0 Å². The largest absolute Gasteiger partial charge is 0.337 e. The summed E-state index contributed by atoms with van der Waals surface area (Å²) in [6, 6.07) is 11.8. The Labute approximate surface area is 171 Å². The molecule has 1 unspecified atom stereocenters. The molecule has 3 aromatic heterocycles. The van der Waals surface area contributed by atoms with Crippen molar-refractivity contribution in [3.63, 3.8) is 0 Å². The van der Waals surface area contributed by atoms with Crippen LogP contribution < -0.4 is 10.6 Å². The maximum Gasteiger partial charge on any atom is 0.321 e. The van der Waals surface area contributed by atoms with Gasteiger partial charge in [0.2, 0.25) is 5.91 Å². The summed E-state index contributed by atoms with van der Waals surface area (Å²) in [6.45, 7) is 0.236. The van der Waals surface area contributed by atoms with Gasteiger partial charge in [0.1, 0.15) is 0 Å². The monoisotopic (exact) mass is 398 g/mol. The molecule has 4 aromatic rings. The second-order valence-corrected chi connectivity index (χ2v) is 7.88. The van der Waals surface area contributed by atoms with Crippen molar-refractivity contribution in [3.8, 4) is 0 Å². The van der Waals surface area contributed by atoms with Gasteiger partial charge in [-0.1, -0.05) is 18.2 Å². The number of rotatable bonds is 3. The van der Waals surface area contributed by atoms with Crippen molar-refractivity contribution in [3.05, 3.63) is 71.8 Å². The summed E-state index contributed by atoms with van der Waals surface area (Å²) in [5.74, 6) is -0.200. The Kier molecular flexibility index (Phi) is 3.61. The molecule has 0 radical (unpaired) electrons. The SMILES string of the molecule is O=C1NCC(c2cc([C@H]3C[C@@H]3c3cnc4ccccc4c3)c3nccn3n2)C(=O)N1. The van der Waals surface area contributed by atoms with E-state index in [9.17, 15) is 9.59 Å². The third-order valence-electron chi connectivity index (χ3n) is 6.01. The first kappa shape index (κ1) is 17.1. The highest BCUT2D eigenvalue weighted by atomic mass is 16.2. The van der Waals surface area contributed by atoms with E-state index < -0.39 is 11.9 Å². The molecular formula is C22H18N6O2. The van der Waals surface area contributed by atoms with Gasteiger partial charge in [0.05, 0.1) is 17.1 Å². The molecule has 1 aliphatic carbocycles. The Bertz CT molecular complexity index is 1330. The lowest BCUT2D eigenvalue weighted by Gasteiger charge is -2.22. The normalized spacial score (nSPS) is 23.4. The van der Waals surface area contributed by atoms with Crippen molar-refractivity contribution in [1.29, 1.82) is 0 Å². The van der Waals surface area contributed by atoms with Gasteiger partial charge in [-0.2, -0.15) is 5.10 Å². The van der Waals surface area contributed by atoms with E-state index in [-0.39, 0.29) is 12.5 Å². The number of carbonyl (C=O) groups is 2. The minimum absolute atomic E-state index is 0.236. The molecule has 0 bridgehead atoms. The number of amides is 3. The van der Waals surface area contributed by atoms with Gasteiger partial charge in [-0.25, -0.2) is 14.3 Å². The lowest BCUT2D eigenvalue weighted by molar-refractivity contribution is -0.122. The molecule has 1 aromatic carbocycles. The molecule has 2 aliphatic rings. The number of fused-ring (bicyclic) bond motifs is 2. The Morgan fingerprint density at radius 2 is 1.97 bits per heavy atom. The van der Waals surface area contributed by atoms with Crippen LogP contribution in [-0.4, -0.2) is 38.1 Å². The van der Waals surface area contributed by atoms with Crippen LogP contribution in [0.3, 0.4) is 0 Å². The number of benzene rings is 1. The number of imide groups is 1. The van der Waals surface area contributed by atoms with E-state index >= 15 is 0 Å². The van der Waals surface area contributed by atoms with Crippen LogP contribution in [0.2, 0.25) is 0 Å². The maximum absolute atomic E-state index is 12.3. The van der Waals surface area contributed by atoms with E-state index in [0.29, 0.717) is 17.5 Å². The molecule has 1 saturated heterocycles. The summed E-state index contributed by atoms with van der Waals surface area (Å²) < 4.78 is 1.72. The highest BCUT2D eigenvalue weighted by molar-refractivity contribution is 6.00. The van der Waals surface area contributed by atoms with Gasteiger partial charge in [-0.15, -0.1) is 0 Å². The van der Waals surface area contributed by atoms with Gasteiger partial charge < -0.3 is 5.32 Å². The number of carbonyl (C=O) groups excluding carboxylic acids is 2. The number of urea groups is 1. The number of nitrogens with zero attached hydrogens (tertiary/aromatic N) is 4. The van der Waals surface area contributed by atoms with Crippen molar-refractivity contribution < 1.29 is 9.59 Å². The van der Waals surface area contributed by atoms with E-state index in [1.807, 2.05) is 30.5 Å². The van der Waals surface area contributed by atoms with Gasteiger partial charge >= 0.3 is 6.03 Å².